The predicted molar refractivity (Wildman–Crippen MR) is 84.0 cm³/mol. The van der Waals surface area contributed by atoms with E-state index in [1.54, 1.807) is 4.90 Å². The lowest BCUT2D eigenvalue weighted by Crippen LogP contribution is -2.57. The maximum absolute atomic E-state index is 13.9. The van der Waals surface area contributed by atoms with Crippen LogP contribution < -0.4 is 0 Å². The second-order valence-corrected chi connectivity index (χ2v) is 6.32. The van der Waals surface area contributed by atoms with E-state index in [0.717, 1.165) is 39.1 Å². The molecule has 2 heterocycles. The molecule has 1 atom stereocenters. The van der Waals surface area contributed by atoms with Gasteiger partial charge in [-0.05, 0) is 31.9 Å². The lowest BCUT2D eigenvalue weighted by Gasteiger charge is -2.44. The molecule has 0 saturated carbocycles. The summed E-state index contributed by atoms with van der Waals surface area (Å²) in [4.78, 5) is 16.7. The van der Waals surface area contributed by atoms with Crippen LogP contribution in [0, 0.1) is 5.82 Å². The maximum Gasteiger partial charge on any atom is 0.260 e. The lowest BCUT2D eigenvalue weighted by molar-refractivity contribution is 0.000507. The van der Waals surface area contributed by atoms with Gasteiger partial charge in [-0.3, -0.25) is 9.69 Å². The molecule has 1 aromatic carbocycles. The molecular formula is C17H23FN2O3. The normalized spacial score (nSPS) is 23.9. The Balaban J connectivity index is 1.69. The number of piperazine rings is 1. The molecule has 126 valence electrons. The average molecular weight is 322 g/mol. The Morgan fingerprint density at radius 3 is 2.70 bits per heavy atom. The van der Waals surface area contributed by atoms with E-state index < -0.39 is 11.7 Å². The van der Waals surface area contributed by atoms with Gasteiger partial charge in [0.25, 0.3) is 5.91 Å². The Labute approximate surface area is 135 Å². The largest absolute Gasteiger partial charge is 0.507 e. The third kappa shape index (κ3) is 3.33. The number of amides is 1. The highest BCUT2D eigenvalue weighted by Crippen LogP contribution is 2.25. The van der Waals surface area contributed by atoms with Crippen LogP contribution in [-0.2, 0) is 4.74 Å². The van der Waals surface area contributed by atoms with Crippen molar-refractivity contribution in [2.75, 3.05) is 32.8 Å². The number of phenolic OH excluding ortho intramolecular Hbond substituents is 1. The van der Waals surface area contributed by atoms with Crippen LogP contribution in [-0.4, -0.2) is 65.7 Å². The third-order valence-electron chi connectivity index (χ3n) is 4.83. The minimum atomic E-state index is -0.672. The van der Waals surface area contributed by atoms with Gasteiger partial charge in [0.2, 0.25) is 0 Å². The summed E-state index contributed by atoms with van der Waals surface area (Å²) in [5, 5.41) is 9.82. The number of aromatic hydroxyl groups is 1. The Morgan fingerprint density at radius 2 is 2.04 bits per heavy atom. The molecule has 23 heavy (non-hydrogen) atoms. The Hall–Kier alpha value is -1.66. The van der Waals surface area contributed by atoms with Crippen molar-refractivity contribution >= 4 is 5.91 Å². The summed E-state index contributed by atoms with van der Waals surface area (Å²) in [6.07, 6.45) is 2.05. The lowest BCUT2D eigenvalue weighted by atomic mass is 10.0. The molecule has 0 aliphatic carbocycles. The zero-order chi connectivity index (χ0) is 16.4. The number of carbonyl (C=O) groups excluding carboxylic acids is 1. The highest BCUT2D eigenvalue weighted by atomic mass is 19.1. The van der Waals surface area contributed by atoms with Gasteiger partial charge in [0.1, 0.15) is 17.1 Å². The van der Waals surface area contributed by atoms with Gasteiger partial charge in [0.15, 0.2) is 0 Å². The molecule has 1 N–H and O–H groups in total. The zero-order valence-corrected chi connectivity index (χ0v) is 13.4. The van der Waals surface area contributed by atoms with E-state index in [1.165, 1.54) is 18.2 Å². The first-order valence-corrected chi connectivity index (χ1v) is 8.18. The number of halogens is 1. The van der Waals surface area contributed by atoms with Crippen LogP contribution in [0.3, 0.4) is 0 Å². The Bertz CT molecular complexity index is 555. The molecular weight excluding hydrogens is 299 g/mol. The first-order valence-electron chi connectivity index (χ1n) is 8.18. The Kier molecular flexibility index (Phi) is 4.82. The number of phenols is 1. The Morgan fingerprint density at radius 1 is 1.30 bits per heavy atom. The van der Waals surface area contributed by atoms with Gasteiger partial charge in [-0.25, -0.2) is 4.39 Å². The van der Waals surface area contributed by atoms with Crippen molar-refractivity contribution in [3.05, 3.63) is 29.6 Å². The molecule has 3 rings (SSSR count). The van der Waals surface area contributed by atoms with Crippen molar-refractivity contribution < 1.29 is 19.0 Å². The zero-order valence-electron chi connectivity index (χ0n) is 13.4. The van der Waals surface area contributed by atoms with E-state index in [-0.39, 0.29) is 17.4 Å². The molecule has 6 heteroatoms. The van der Waals surface area contributed by atoms with E-state index in [4.69, 9.17) is 4.74 Å². The van der Waals surface area contributed by atoms with Crippen molar-refractivity contribution in [2.45, 2.75) is 31.8 Å². The fourth-order valence-corrected chi connectivity index (χ4v) is 3.54. The van der Waals surface area contributed by atoms with Crippen LogP contribution in [0.15, 0.2) is 18.2 Å². The minimum Gasteiger partial charge on any atom is -0.507 e. The molecule has 0 unspecified atom stereocenters. The quantitative estimate of drug-likeness (QED) is 0.903. The van der Waals surface area contributed by atoms with Crippen molar-refractivity contribution in [3.8, 4) is 5.75 Å². The molecule has 0 spiro atoms. The molecule has 2 aliphatic heterocycles. The number of nitrogens with zero attached hydrogens (tertiary/aromatic N) is 2. The summed E-state index contributed by atoms with van der Waals surface area (Å²) in [5.41, 5.74) is -0.223. The van der Waals surface area contributed by atoms with Crippen LogP contribution in [0.2, 0.25) is 0 Å². The SMILES string of the molecule is C[C@@H]1CN(C2CCOCC2)CCN1C(=O)c1c(O)cccc1F. The number of rotatable bonds is 2. The molecule has 0 aromatic heterocycles. The van der Waals surface area contributed by atoms with Gasteiger partial charge in [-0.2, -0.15) is 0 Å². The predicted octanol–water partition coefficient (Wildman–Crippen LogP) is 1.86. The highest BCUT2D eigenvalue weighted by Gasteiger charge is 2.33. The number of ether oxygens (including phenoxy) is 1. The summed E-state index contributed by atoms with van der Waals surface area (Å²) >= 11 is 0. The molecule has 1 amide bonds. The maximum atomic E-state index is 13.9. The summed E-state index contributed by atoms with van der Waals surface area (Å²) < 4.78 is 19.3. The molecule has 5 nitrogen and oxygen atoms in total. The topological polar surface area (TPSA) is 53.0 Å². The molecule has 1 aromatic rings. The summed E-state index contributed by atoms with van der Waals surface area (Å²) in [6.45, 7) is 5.65. The van der Waals surface area contributed by atoms with Crippen molar-refractivity contribution in [1.82, 2.24) is 9.80 Å². The van der Waals surface area contributed by atoms with E-state index >= 15 is 0 Å². The summed E-state index contributed by atoms with van der Waals surface area (Å²) in [7, 11) is 0. The molecule has 2 fully saturated rings. The first-order chi connectivity index (χ1) is 11.1. The van der Waals surface area contributed by atoms with Crippen LogP contribution in [0.5, 0.6) is 5.75 Å². The second-order valence-electron chi connectivity index (χ2n) is 6.32. The van der Waals surface area contributed by atoms with Crippen LogP contribution >= 0.6 is 0 Å². The molecule has 0 bridgehead atoms. The van der Waals surface area contributed by atoms with Gasteiger partial charge in [0.05, 0.1) is 0 Å². The molecule has 0 radical (unpaired) electrons. The fourth-order valence-electron chi connectivity index (χ4n) is 3.54. The van der Waals surface area contributed by atoms with Gasteiger partial charge in [-0.15, -0.1) is 0 Å². The summed E-state index contributed by atoms with van der Waals surface area (Å²) in [5.74, 6) is -1.40. The van der Waals surface area contributed by atoms with E-state index in [1.807, 2.05) is 6.92 Å². The highest BCUT2D eigenvalue weighted by molar-refractivity contribution is 5.97. The first kappa shape index (κ1) is 16.2. The summed E-state index contributed by atoms with van der Waals surface area (Å²) in [6, 6.07) is 4.44. The van der Waals surface area contributed by atoms with Crippen molar-refractivity contribution in [2.24, 2.45) is 0 Å². The monoisotopic (exact) mass is 322 g/mol. The van der Waals surface area contributed by atoms with E-state index in [2.05, 4.69) is 4.90 Å². The number of carbonyl (C=O) groups is 1. The standard InChI is InChI=1S/C17H23FN2O3/c1-12-11-19(13-5-9-23-10-6-13)7-8-20(12)17(22)16-14(18)3-2-4-15(16)21/h2-4,12-13,21H,5-11H2,1H3/t12-/m1/s1. The molecule has 2 saturated heterocycles. The van der Waals surface area contributed by atoms with Crippen LogP contribution in [0.4, 0.5) is 4.39 Å². The fraction of sp³-hybridized carbons (Fsp3) is 0.588. The molecule has 2 aliphatic rings. The van der Waals surface area contributed by atoms with Gasteiger partial charge >= 0.3 is 0 Å². The van der Waals surface area contributed by atoms with Crippen LogP contribution in [0.25, 0.3) is 0 Å². The number of benzene rings is 1. The van der Waals surface area contributed by atoms with Crippen molar-refractivity contribution in [3.63, 3.8) is 0 Å². The number of hydrogen-bond donors (Lipinski definition) is 1. The smallest absolute Gasteiger partial charge is 0.260 e. The van der Waals surface area contributed by atoms with E-state index in [9.17, 15) is 14.3 Å². The van der Waals surface area contributed by atoms with Gasteiger partial charge in [-0.1, -0.05) is 6.07 Å². The second kappa shape index (κ2) is 6.84. The van der Waals surface area contributed by atoms with Gasteiger partial charge in [0, 0.05) is 44.9 Å². The third-order valence-corrected chi connectivity index (χ3v) is 4.83. The average Bonchev–Trinajstić information content (AvgIpc) is 2.55. The van der Waals surface area contributed by atoms with Gasteiger partial charge < -0.3 is 14.7 Å². The van der Waals surface area contributed by atoms with E-state index in [0.29, 0.717) is 12.6 Å². The van der Waals surface area contributed by atoms with Crippen LogP contribution in [0.1, 0.15) is 30.1 Å². The minimum absolute atomic E-state index is 0.0156. The van der Waals surface area contributed by atoms with Crippen molar-refractivity contribution in [1.29, 1.82) is 0 Å². The number of hydrogen-bond acceptors (Lipinski definition) is 4.